The summed E-state index contributed by atoms with van der Waals surface area (Å²) in [6.45, 7) is 10.5. The van der Waals surface area contributed by atoms with Gasteiger partial charge >= 0.3 is 0 Å². The van der Waals surface area contributed by atoms with Crippen LogP contribution in [0.2, 0.25) is 0 Å². The molecule has 2 atom stereocenters. The van der Waals surface area contributed by atoms with Crippen molar-refractivity contribution in [1.82, 2.24) is 24.4 Å². The Hall–Kier alpha value is -2.19. The van der Waals surface area contributed by atoms with Crippen LogP contribution in [-0.2, 0) is 17.8 Å². The molecule has 8 heteroatoms. The van der Waals surface area contributed by atoms with Gasteiger partial charge in [0.05, 0.1) is 10.2 Å². The first-order valence-corrected chi connectivity index (χ1v) is 11.8. The third kappa shape index (κ3) is 4.30. The number of thiophene rings is 1. The lowest BCUT2D eigenvalue weighted by atomic mass is 9.92. The van der Waals surface area contributed by atoms with Crippen LogP contribution in [0.4, 0.5) is 0 Å². The van der Waals surface area contributed by atoms with Gasteiger partial charge in [0.1, 0.15) is 17.9 Å². The lowest BCUT2D eigenvalue weighted by Gasteiger charge is -2.34. The number of aryl methyl sites for hydroxylation is 1. The van der Waals surface area contributed by atoms with Crippen LogP contribution in [-0.4, -0.2) is 51.2 Å². The standard InChI is InChI=1S/C22H31N5O2S/c1-4-20-24-26(22(29)18-11-19-17(27(18)20)6-9-30-19)14-21(28)23-7-5-8-25-12-15(2)10-16(3)13-25/h6,9,11,15-16H,4-5,7-8,10,12-14H2,1-3H3,(H,23,28)/t15-,16-/m1/s1. The number of piperidine rings is 1. The van der Waals surface area contributed by atoms with Crippen molar-refractivity contribution in [3.05, 3.63) is 33.7 Å². The zero-order valence-corrected chi connectivity index (χ0v) is 18.9. The monoisotopic (exact) mass is 429 g/mol. The molecule has 0 saturated carbocycles. The molecule has 0 radical (unpaired) electrons. The Labute approximate surface area is 180 Å². The maximum absolute atomic E-state index is 12.9. The first-order chi connectivity index (χ1) is 14.5. The zero-order valence-electron chi connectivity index (χ0n) is 18.1. The Bertz CT molecular complexity index is 1090. The third-order valence-corrected chi connectivity index (χ3v) is 6.75. The molecule has 0 aromatic carbocycles. The predicted molar refractivity (Wildman–Crippen MR) is 121 cm³/mol. The Balaban J connectivity index is 1.37. The lowest BCUT2D eigenvalue weighted by Crippen LogP contribution is -2.40. The van der Waals surface area contributed by atoms with Gasteiger partial charge in [-0.15, -0.1) is 11.3 Å². The Morgan fingerprint density at radius 1 is 1.27 bits per heavy atom. The van der Waals surface area contributed by atoms with E-state index in [-0.39, 0.29) is 18.0 Å². The fourth-order valence-electron chi connectivity index (χ4n) is 4.76. The van der Waals surface area contributed by atoms with Gasteiger partial charge in [-0.1, -0.05) is 20.8 Å². The third-order valence-electron chi connectivity index (χ3n) is 5.90. The fraction of sp³-hybridized carbons (Fsp3) is 0.591. The van der Waals surface area contributed by atoms with Crippen LogP contribution in [0.25, 0.3) is 15.7 Å². The second-order valence-electron chi connectivity index (χ2n) is 8.68. The van der Waals surface area contributed by atoms with Crippen molar-refractivity contribution in [2.45, 2.75) is 46.6 Å². The summed E-state index contributed by atoms with van der Waals surface area (Å²) in [5, 5.41) is 9.45. The normalized spacial score (nSPS) is 20.2. The number of carbonyl (C=O) groups excluding carboxylic acids is 1. The van der Waals surface area contributed by atoms with Crippen LogP contribution >= 0.6 is 11.3 Å². The predicted octanol–water partition coefficient (Wildman–Crippen LogP) is 2.76. The molecule has 1 aliphatic rings. The number of nitrogens with one attached hydrogen (secondary N) is 1. The Morgan fingerprint density at radius 2 is 2.03 bits per heavy atom. The summed E-state index contributed by atoms with van der Waals surface area (Å²) in [5.74, 6) is 2.12. The van der Waals surface area contributed by atoms with Crippen LogP contribution in [0.15, 0.2) is 22.3 Å². The molecule has 4 heterocycles. The van der Waals surface area contributed by atoms with Crippen molar-refractivity contribution in [3.8, 4) is 0 Å². The summed E-state index contributed by atoms with van der Waals surface area (Å²) in [4.78, 5) is 27.8. The largest absolute Gasteiger partial charge is 0.354 e. The summed E-state index contributed by atoms with van der Waals surface area (Å²) < 4.78 is 4.29. The molecule has 1 amide bonds. The highest BCUT2D eigenvalue weighted by Crippen LogP contribution is 2.24. The molecule has 0 bridgehead atoms. The van der Waals surface area contributed by atoms with E-state index >= 15 is 0 Å². The van der Waals surface area contributed by atoms with Gasteiger partial charge in [0.15, 0.2) is 0 Å². The minimum atomic E-state index is -0.220. The number of likely N-dealkylation sites (tertiary alicyclic amines) is 1. The van der Waals surface area contributed by atoms with Crippen LogP contribution < -0.4 is 10.9 Å². The highest BCUT2D eigenvalue weighted by atomic mass is 32.1. The van der Waals surface area contributed by atoms with Gasteiger partial charge in [-0.3, -0.25) is 14.0 Å². The van der Waals surface area contributed by atoms with Crippen LogP contribution in [0, 0.1) is 11.8 Å². The van der Waals surface area contributed by atoms with Gasteiger partial charge < -0.3 is 10.2 Å². The quantitative estimate of drug-likeness (QED) is 0.586. The first-order valence-electron chi connectivity index (χ1n) is 10.9. The minimum absolute atomic E-state index is 0.0427. The van der Waals surface area contributed by atoms with E-state index in [0.717, 1.165) is 53.9 Å². The van der Waals surface area contributed by atoms with Crippen molar-refractivity contribution in [2.24, 2.45) is 11.8 Å². The van der Waals surface area contributed by atoms with E-state index in [1.807, 2.05) is 28.8 Å². The molecule has 0 spiro atoms. The molecule has 1 fully saturated rings. The maximum atomic E-state index is 12.9. The molecule has 1 saturated heterocycles. The zero-order chi connectivity index (χ0) is 21.3. The van der Waals surface area contributed by atoms with Crippen LogP contribution in [0.3, 0.4) is 0 Å². The number of carbonyl (C=O) groups is 1. The van der Waals surface area contributed by atoms with E-state index in [1.165, 1.54) is 11.1 Å². The van der Waals surface area contributed by atoms with E-state index in [1.54, 1.807) is 11.3 Å². The first kappa shape index (κ1) is 21.1. The summed E-state index contributed by atoms with van der Waals surface area (Å²) in [5.41, 5.74) is 1.38. The van der Waals surface area contributed by atoms with Crippen molar-refractivity contribution in [3.63, 3.8) is 0 Å². The van der Waals surface area contributed by atoms with E-state index in [2.05, 4.69) is 29.2 Å². The molecular formula is C22H31N5O2S. The smallest absolute Gasteiger partial charge is 0.291 e. The molecule has 0 unspecified atom stereocenters. The highest BCUT2D eigenvalue weighted by molar-refractivity contribution is 7.17. The summed E-state index contributed by atoms with van der Waals surface area (Å²) in [7, 11) is 0. The van der Waals surface area contributed by atoms with E-state index < -0.39 is 0 Å². The molecule has 7 nitrogen and oxygen atoms in total. The number of nitrogens with zero attached hydrogens (tertiary/aromatic N) is 4. The highest BCUT2D eigenvalue weighted by Gasteiger charge is 2.21. The molecule has 4 rings (SSSR count). The van der Waals surface area contributed by atoms with Crippen molar-refractivity contribution in [1.29, 1.82) is 0 Å². The molecule has 30 heavy (non-hydrogen) atoms. The van der Waals surface area contributed by atoms with E-state index in [9.17, 15) is 9.59 Å². The molecule has 1 N–H and O–H groups in total. The SMILES string of the molecule is CCc1nn(CC(=O)NCCCN2C[C@H](C)C[C@@H](C)C2)c(=O)c2cc3sccc3n12. The maximum Gasteiger partial charge on any atom is 0.291 e. The van der Waals surface area contributed by atoms with E-state index in [0.29, 0.717) is 18.5 Å². The Kier molecular flexibility index (Phi) is 6.24. The summed E-state index contributed by atoms with van der Waals surface area (Å²) in [6, 6.07) is 3.91. The van der Waals surface area contributed by atoms with Crippen molar-refractivity contribution in [2.75, 3.05) is 26.2 Å². The van der Waals surface area contributed by atoms with Crippen molar-refractivity contribution < 1.29 is 4.79 Å². The van der Waals surface area contributed by atoms with Gasteiger partial charge in [0.25, 0.3) is 5.56 Å². The topological polar surface area (TPSA) is 71.6 Å². The number of aromatic nitrogens is 3. The van der Waals surface area contributed by atoms with Gasteiger partial charge in [0.2, 0.25) is 5.91 Å². The van der Waals surface area contributed by atoms with Crippen LogP contribution in [0.5, 0.6) is 0 Å². The number of rotatable bonds is 7. The minimum Gasteiger partial charge on any atom is -0.354 e. The summed E-state index contributed by atoms with van der Waals surface area (Å²) in [6.07, 6.45) is 2.91. The second kappa shape index (κ2) is 8.89. The second-order valence-corrected chi connectivity index (χ2v) is 9.62. The van der Waals surface area contributed by atoms with Gasteiger partial charge in [-0.2, -0.15) is 5.10 Å². The average molecular weight is 430 g/mol. The number of hydrogen-bond acceptors (Lipinski definition) is 5. The van der Waals surface area contributed by atoms with Gasteiger partial charge in [-0.25, -0.2) is 4.68 Å². The number of hydrogen-bond donors (Lipinski definition) is 1. The molecule has 3 aromatic rings. The lowest BCUT2D eigenvalue weighted by molar-refractivity contribution is -0.121. The van der Waals surface area contributed by atoms with Gasteiger partial charge in [0, 0.05) is 26.1 Å². The number of amides is 1. The molecule has 1 aliphatic heterocycles. The van der Waals surface area contributed by atoms with Crippen LogP contribution in [0.1, 0.15) is 39.4 Å². The van der Waals surface area contributed by atoms with Crippen molar-refractivity contribution >= 4 is 33.0 Å². The van der Waals surface area contributed by atoms with E-state index in [4.69, 9.17) is 0 Å². The van der Waals surface area contributed by atoms with Gasteiger partial charge in [-0.05, 0) is 48.7 Å². The summed E-state index contributed by atoms with van der Waals surface area (Å²) >= 11 is 1.61. The molecule has 3 aromatic heterocycles. The molecule has 162 valence electrons. The number of fused-ring (bicyclic) bond motifs is 3. The molecular weight excluding hydrogens is 398 g/mol. The molecule has 0 aliphatic carbocycles. The average Bonchev–Trinajstić information content (AvgIpc) is 3.28. The fourth-order valence-corrected chi connectivity index (χ4v) is 5.56. The Morgan fingerprint density at radius 3 is 2.77 bits per heavy atom.